The molecule has 6 heteroatoms. The molecule has 0 aliphatic carbocycles. The number of hydrogen-bond donors (Lipinski definition) is 1. The summed E-state index contributed by atoms with van der Waals surface area (Å²) in [6.07, 6.45) is 4.32. The summed E-state index contributed by atoms with van der Waals surface area (Å²) in [6.45, 7) is 3.00. The number of ether oxygens (including phenoxy) is 1. The maximum Gasteiger partial charge on any atom is 0.291 e. The second kappa shape index (κ2) is 9.13. The average molecular weight is 401 g/mol. The number of nitrogens with one attached hydrogen (secondary N) is 1. The van der Waals surface area contributed by atoms with Crippen LogP contribution in [0.2, 0.25) is 0 Å². The monoisotopic (exact) mass is 401 g/mol. The van der Waals surface area contributed by atoms with E-state index in [0.717, 1.165) is 24.3 Å². The topological polar surface area (TPSA) is 69.3 Å². The number of furan rings is 1. The molecule has 4 rings (SSSR count). The number of hydrogen-bond acceptors (Lipinski definition) is 4. The Hall–Kier alpha value is -3.80. The van der Waals surface area contributed by atoms with Crippen molar-refractivity contribution >= 4 is 11.6 Å². The van der Waals surface area contributed by atoms with Gasteiger partial charge in [-0.25, -0.2) is 0 Å². The third-order valence-corrected chi connectivity index (χ3v) is 4.62. The van der Waals surface area contributed by atoms with Gasteiger partial charge in [0.25, 0.3) is 5.91 Å². The number of aromatic nitrogens is 2. The van der Waals surface area contributed by atoms with Crippen molar-refractivity contribution in [3.8, 4) is 5.75 Å². The Kier molecular flexibility index (Phi) is 5.94. The maximum absolute atomic E-state index is 12.5. The lowest BCUT2D eigenvalue weighted by molar-refractivity contribution is 0.0992. The van der Waals surface area contributed by atoms with Crippen molar-refractivity contribution in [3.05, 3.63) is 102 Å². The highest BCUT2D eigenvalue weighted by atomic mass is 16.5. The number of carbonyl (C=O) groups is 1. The smallest absolute Gasteiger partial charge is 0.291 e. The Bertz CT molecular complexity index is 1120. The van der Waals surface area contributed by atoms with Crippen LogP contribution >= 0.6 is 0 Å². The van der Waals surface area contributed by atoms with Gasteiger partial charge in [0.05, 0.1) is 11.9 Å². The number of amides is 1. The lowest BCUT2D eigenvalue weighted by Gasteiger charge is -2.04. The van der Waals surface area contributed by atoms with Gasteiger partial charge < -0.3 is 14.5 Å². The second-order valence-electron chi connectivity index (χ2n) is 7.05. The molecule has 4 aromatic rings. The average Bonchev–Trinajstić information content (AvgIpc) is 3.41. The van der Waals surface area contributed by atoms with Gasteiger partial charge in [0.2, 0.25) is 0 Å². The third-order valence-electron chi connectivity index (χ3n) is 4.62. The first-order valence-electron chi connectivity index (χ1n) is 9.81. The molecule has 0 unspecified atom stereocenters. The molecule has 30 heavy (non-hydrogen) atoms. The lowest BCUT2D eigenvalue weighted by Crippen LogP contribution is -2.10. The molecule has 0 saturated heterocycles. The molecule has 0 aliphatic rings. The van der Waals surface area contributed by atoms with E-state index in [1.807, 2.05) is 60.3 Å². The van der Waals surface area contributed by atoms with Gasteiger partial charge >= 0.3 is 0 Å². The first kappa shape index (κ1) is 19.5. The standard InChI is InChI=1S/C24H23N3O3/c1-18-6-5-9-21(14-18)29-17-22-10-11-23(30-22)24(28)26-20-15-25-27(16-20)13-12-19-7-3-2-4-8-19/h2-11,14-16H,12-13,17H2,1H3,(H,26,28). The molecule has 0 atom stereocenters. The third kappa shape index (κ3) is 5.17. The fourth-order valence-corrected chi connectivity index (χ4v) is 3.07. The van der Waals surface area contributed by atoms with Gasteiger partial charge in [0, 0.05) is 12.7 Å². The van der Waals surface area contributed by atoms with Crippen molar-refractivity contribution in [2.24, 2.45) is 0 Å². The van der Waals surface area contributed by atoms with E-state index >= 15 is 0 Å². The molecule has 0 spiro atoms. The first-order chi connectivity index (χ1) is 14.7. The first-order valence-corrected chi connectivity index (χ1v) is 9.81. The Morgan fingerprint density at radius 1 is 1.10 bits per heavy atom. The van der Waals surface area contributed by atoms with E-state index in [1.165, 1.54) is 5.56 Å². The number of nitrogens with zero attached hydrogens (tertiary/aromatic N) is 2. The number of rotatable bonds is 8. The van der Waals surface area contributed by atoms with Gasteiger partial charge in [-0.3, -0.25) is 9.48 Å². The number of anilines is 1. The summed E-state index contributed by atoms with van der Waals surface area (Å²) in [6, 6.07) is 21.4. The van der Waals surface area contributed by atoms with Gasteiger partial charge in [0.15, 0.2) is 5.76 Å². The Morgan fingerprint density at radius 3 is 2.80 bits per heavy atom. The summed E-state index contributed by atoms with van der Waals surface area (Å²) < 4.78 is 13.1. The molecule has 0 fully saturated rings. The van der Waals surface area contributed by atoms with Crippen molar-refractivity contribution < 1.29 is 13.9 Å². The summed E-state index contributed by atoms with van der Waals surface area (Å²) in [5, 5.41) is 7.12. The van der Waals surface area contributed by atoms with E-state index in [2.05, 4.69) is 22.5 Å². The summed E-state index contributed by atoms with van der Waals surface area (Å²) in [4.78, 5) is 12.5. The van der Waals surface area contributed by atoms with E-state index in [0.29, 0.717) is 11.4 Å². The van der Waals surface area contributed by atoms with Crippen molar-refractivity contribution in [2.75, 3.05) is 5.32 Å². The van der Waals surface area contributed by atoms with E-state index in [9.17, 15) is 4.79 Å². The van der Waals surface area contributed by atoms with Gasteiger partial charge in [-0.1, -0.05) is 42.5 Å². The minimum Gasteiger partial charge on any atom is -0.486 e. The van der Waals surface area contributed by atoms with Crippen LogP contribution in [-0.4, -0.2) is 15.7 Å². The fourth-order valence-electron chi connectivity index (χ4n) is 3.07. The predicted molar refractivity (Wildman–Crippen MR) is 115 cm³/mol. The molecule has 0 bridgehead atoms. The van der Waals surface area contributed by atoms with Crippen LogP contribution in [0.15, 0.2) is 83.5 Å². The van der Waals surface area contributed by atoms with Gasteiger partial charge in [-0.05, 0) is 48.7 Å². The maximum atomic E-state index is 12.5. The van der Waals surface area contributed by atoms with Crippen molar-refractivity contribution in [3.63, 3.8) is 0 Å². The van der Waals surface area contributed by atoms with Crippen LogP contribution in [-0.2, 0) is 19.6 Å². The highest BCUT2D eigenvalue weighted by Crippen LogP contribution is 2.17. The van der Waals surface area contributed by atoms with E-state index in [4.69, 9.17) is 9.15 Å². The van der Waals surface area contributed by atoms with Gasteiger partial charge in [0.1, 0.15) is 18.1 Å². The van der Waals surface area contributed by atoms with Gasteiger partial charge in [-0.2, -0.15) is 5.10 Å². The zero-order valence-electron chi connectivity index (χ0n) is 16.7. The highest BCUT2D eigenvalue weighted by molar-refractivity contribution is 6.02. The molecular formula is C24H23N3O3. The van der Waals surface area contributed by atoms with Crippen LogP contribution in [0, 0.1) is 6.92 Å². The Balaban J connectivity index is 1.29. The quantitative estimate of drug-likeness (QED) is 0.458. The van der Waals surface area contributed by atoms with Crippen LogP contribution in [0.4, 0.5) is 5.69 Å². The van der Waals surface area contributed by atoms with Crippen LogP contribution in [0.3, 0.4) is 0 Å². The molecule has 0 saturated carbocycles. The van der Waals surface area contributed by atoms with Crippen LogP contribution < -0.4 is 10.1 Å². The van der Waals surface area contributed by atoms with Crippen molar-refractivity contribution in [1.29, 1.82) is 0 Å². The van der Waals surface area contributed by atoms with Crippen LogP contribution in [0.1, 0.15) is 27.4 Å². The van der Waals surface area contributed by atoms with Crippen molar-refractivity contribution in [1.82, 2.24) is 9.78 Å². The molecule has 0 radical (unpaired) electrons. The van der Waals surface area contributed by atoms with E-state index in [1.54, 1.807) is 18.3 Å². The number of carbonyl (C=O) groups excluding carboxylic acids is 1. The zero-order chi connectivity index (χ0) is 20.8. The highest BCUT2D eigenvalue weighted by Gasteiger charge is 2.13. The minimum absolute atomic E-state index is 0.231. The fraction of sp³-hybridized carbons (Fsp3) is 0.167. The minimum atomic E-state index is -0.320. The summed E-state index contributed by atoms with van der Waals surface area (Å²) in [5.74, 6) is 1.26. The lowest BCUT2D eigenvalue weighted by atomic mass is 10.1. The Labute approximate surface area is 175 Å². The van der Waals surface area contributed by atoms with E-state index < -0.39 is 0 Å². The normalized spacial score (nSPS) is 10.7. The Morgan fingerprint density at radius 2 is 1.97 bits per heavy atom. The summed E-state index contributed by atoms with van der Waals surface area (Å²) >= 11 is 0. The molecule has 152 valence electrons. The van der Waals surface area contributed by atoms with Crippen LogP contribution in [0.25, 0.3) is 0 Å². The molecule has 2 aromatic carbocycles. The molecule has 2 heterocycles. The molecular weight excluding hydrogens is 378 g/mol. The molecule has 1 N–H and O–H groups in total. The second-order valence-corrected chi connectivity index (χ2v) is 7.05. The van der Waals surface area contributed by atoms with Crippen molar-refractivity contribution in [2.45, 2.75) is 26.5 Å². The van der Waals surface area contributed by atoms with Gasteiger partial charge in [-0.15, -0.1) is 0 Å². The molecule has 0 aliphatic heterocycles. The predicted octanol–water partition coefficient (Wildman–Crippen LogP) is 4.86. The summed E-state index contributed by atoms with van der Waals surface area (Å²) in [5.41, 5.74) is 2.99. The zero-order valence-corrected chi connectivity index (χ0v) is 16.7. The number of aryl methyl sites for hydroxylation is 3. The largest absolute Gasteiger partial charge is 0.486 e. The summed E-state index contributed by atoms with van der Waals surface area (Å²) in [7, 11) is 0. The molecule has 1 amide bonds. The SMILES string of the molecule is Cc1cccc(OCc2ccc(C(=O)Nc3cnn(CCc4ccccc4)c3)o2)c1. The van der Waals surface area contributed by atoms with Crippen LogP contribution in [0.5, 0.6) is 5.75 Å². The number of benzene rings is 2. The molecule has 2 aromatic heterocycles. The molecule has 6 nitrogen and oxygen atoms in total. The van der Waals surface area contributed by atoms with E-state index in [-0.39, 0.29) is 18.3 Å².